The molecule has 0 spiro atoms. The fourth-order valence-electron chi connectivity index (χ4n) is 1.52. The summed E-state index contributed by atoms with van der Waals surface area (Å²) in [5.41, 5.74) is 1.09. The molecule has 0 aliphatic heterocycles. The van der Waals surface area contributed by atoms with Gasteiger partial charge in [-0.2, -0.15) is 0 Å². The Morgan fingerprint density at radius 1 is 0.941 bits per heavy atom. The van der Waals surface area contributed by atoms with E-state index in [9.17, 15) is 4.79 Å². The zero-order valence-electron chi connectivity index (χ0n) is 9.24. The van der Waals surface area contributed by atoms with Crippen LogP contribution in [0.2, 0.25) is 0 Å². The second-order valence-corrected chi connectivity index (χ2v) is 4.68. The molecule has 3 heteroatoms. The average molecular weight is 243 g/mol. The Labute approximate surface area is 105 Å². The monoisotopic (exact) mass is 243 g/mol. The van der Waals surface area contributed by atoms with Gasteiger partial charge in [0.2, 0.25) is 6.41 Å². The van der Waals surface area contributed by atoms with Crippen LogP contribution in [0.25, 0.3) is 0 Å². The van der Waals surface area contributed by atoms with Gasteiger partial charge in [-0.05, 0) is 17.7 Å². The quantitative estimate of drug-likeness (QED) is 0.496. The van der Waals surface area contributed by atoms with Crippen LogP contribution in [-0.4, -0.2) is 6.41 Å². The van der Waals surface area contributed by atoms with Crippen molar-refractivity contribution in [2.45, 2.75) is 10.3 Å². The second kappa shape index (κ2) is 6.11. The Balaban J connectivity index is 2.16. The number of nitrogens with one attached hydrogen (secondary N) is 1. The highest BCUT2D eigenvalue weighted by Crippen LogP contribution is 2.32. The molecule has 0 saturated carbocycles. The van der Waals surface area contributed by atoms with Crippen molar-refractivity contribution in [3.05, 3.63) is 66.2 Å². The molecule has 0 aliphatic carbocycles. The van der Waals surface area contributed by atoms with Crippen molar-refractivity contribution in [3.63, 3.8) is 0 Å². The summed E-state index contributed by atoms with van der Waals surface area (Å²) in [7, 11) is 0. The van der Waals surface area contributed by atoms with Gasteiger partial charge in [-0.15, -0.1) is 0 Å². The van der Waals surface area contributed by atoms with E-state index in [1.54, 1.807) is 11.8 Å². The lowest BCUT2D eigenvalue weighted by Crippen LogP contribution is -2.16. The molecule has 2 rings (SSSR count). The maximum absolute atomic E-state index is 10.7. The fourth-order valence-corrected chi connectivity index (χ4v) is 2.53. The molecule has 17 heavy (non-hydrogen) atoms. The summed E-state index contributed by atoms with van der Waals surface area (Å²) in [6.07, 6.45) is 0.744. The molecule has 86 valence electrons. The van der Waals surface area contributed by atoms with Crippen molar-refractivity contribution in [1.29, 1.82) is 0 Å². The van der Waals surface area contributed by atoms with Crippen LogP contribution in [0.4, 0.5) is 0 Å². The summed E-state index contributed by atoms with van der Waals surface area (Å²) >= 11 is 1.62. The van der Waals surface area contributed by atoms with E-state index in [1.807, 2.05) is 60.7 Å². The molecule has 0 fully saturated rings. The number of benzene rings is 2. The van der Waals surface area contributed by atoms with Gasteiger partial charge in [-0.1, -0.05) is 60.3 Å². The number of rotatable bonds is 5. The number of carbonyl (C=O) groups excluding carboxylic acids is 1. The summed E-state index contributed by atoms with van der Waals surface area (Å²) in [6, 6.07) is 20.0. The van der Waals surface area contributed by atoms with Gasteiger partial charge in [0.05, 0.1) is 0 Å². The average Bonchev–Trinajstić information content (AvgIpc) is 2.40. The molecular weight excluding hydrogens is 230 g/mol. The van der Waals surface area contributed by atoms with Gasteiger partial charge in [0.1, 0.15) is 5.37 Å². The third-order valence-corrected chi connectivity index (χ3v) is 3.51. The first-order valence-electron chi connectivity index (χ1n) is 5.36. The molecule has 2 aromatic rings. The molecule has 2 aromatic carbocycles. The molecule has 1 atom stereocenters. The normalized spacial score (nSPS) is 11.8. The largest absolute Gasteiger partial charge is 0.342 e. The lowest BCUT2D eigenvalue weighted by molar-refractivity contribution is -0.109. The third kappa shape index (κ3) is 3.36. The van der Waals surface area contributed by atoms with Crippen molar-refractivity contribution in [3.8, 4) is 0 Å². The minimum atomic E-state index is -0.0453. The molecule has 1 unspecified atom stereocenters. The van der Waals surface area contributed by atoms with Crippen LogP contribution >= 0.6 is 11.8 Å². The molecule has 0 aromatic heterocycles. The molecule has 0 heterocycles. The summed E-state index contributed by atoms with van der Waals surface area (Å²) in [6.45, 7) is 0. The fraction of sp³-hybridized carbons (Fsp3) is 0.0714. The zero-order valence-corrected chi connectivity index (χ0v) is 10.1. The molecule has 0 bridgehead atoms. The standard InChI is InChI=1S/C14H13NOS/c16-11-15-14(12-7-3-1-4-8-12)17-13-9-5-2-6-10-13/h1-11,14H,(H,15,16). The van der Waals surface area contributed by atoms with Crippen LogP contribution in [0.3, 0.4) is 0 Å². The predicted octanol–water partition coefficient (Wildman–Crippen LogP) is 3.22. The van der Waals surface area contributed by atoms with Gasteiger partial charge in [0.25, 0.3) is 0 Å². The number of hydrogen-bond donors (Lipinski definition) is 1. The molecule has 0 aliphatic rings. The van der Waals surface area contributed by atoms with Gasteiger partial charge in [-0.3, -0.25) is 4.79 Å². The highest BCUT2D eigenvalue weighted by molar-refractivity contribution is 7.99. The van der Waals surface area contributed by atoms with Crippen LogP contribution in [0.15, 0.2) is 65.6 Å². The van der Waals surface area contributed by atoms with Gasteiger partial charge in [-0.25, -0.2) is 0 Å². The minimum Gasteiger partial charge on any atom is -0.342 e. The highest BCUT2D eigenvalue weighted by Gasteiger charge is 2.10. The first-order chi connectivity index (χ1) is 8.40. The minimum absolute atomic E-state index is 0.0453. The Hall–Kier alpha value is -1.74. The van der Waals surface area contributed by atoms with E-state index in [1.165, 1.54) is 0 Å². The van der Waals surface area contributed by atoms with Crippen molar-refractivity contribution in [2.24, 2.45) is 0 Å². The van der Waals surface area contributed by atoms with Gasteiger partial charge >= 0.3 is 0 Å². The first-order valence-corrected chi connectivity index (χ1v) is 6.24. The summed E-state index contributed by atoms with van der Waals surface area (Å²) < 4.78 is 0. The molecule has 0 radical (unpaired) electrons. The topological polar surface area (TPSA) is 29.1 Å². The van der Waals surface area contributed by atoms with Crippen molar-refractivity contribution < 1.29 is 4.79 Å². The zero-order chi connectivity index (χ0) is 11.9. The van der Waals surface area contributed by atoms with Crippen molar-refractivity contribution >= 4 is 18.2 Å². The van der Waals surface area contributed by atoms with E-state index in [0.29, 0.717) is 0 Å². The van der Waals surface area contributed by atoms with E-state index in [2.05, 4.69) is 5.32 Å². The first kappa shape index (κ1) is 11.7. The summed E-state index contributed by atoms with van der Waals surface area (Å²) in [5.74, 6) is 0. The van der Waals surface area contributed by atoms with Crippen molar-refractivity contribution in [2.75, 3.05) is 0 Å². The molecule has 1 amide bonds. The maximum atomic E-state index is 10.7. The Bertz CT molecular complexity index is 458. The predicted molar refractivity (Wildman–Crippen MR) is 70.7 cm³/mol. The van der Waals surface area contributed by atoms with Crippen LogP contribution in [0, 0.1) is 0 Å². The molecule has 0 saturated heterocycles. The SMILES string of the molecule is O=CNC(Sc1ccccc1)c1ccccc1. The second-order valence-electron chi connectivity index (χ2n) is 3.51. The van der Waals surface area contributed by atoms with Gasteiger partial charge < -0.3 is 5.32 Å². The van der Waals surface area contributed by atoms with Crippen LogP contribution < -0.4 is 5.32 Å². The maximum Gasteiger partial charge on any atom is 0.208 e. The molecule has 2 nitrogen and oxygen atoms in total. The Morgan fingerprint density at radius 3 is 2.12 bits per heavy atom. The highest BCUT2D eigenvalue weighted by atomic mass is 32.2. The van der Waals surface area contributed by atoms with E-state index < -0.39 is 0 Å². The molecule has 1 N–H and O–H groups in total. The van der Waals surface area contributed by atoms with Crippen LogP contribution in [0.5, 0.6) is 0 Å². The summed E-state index contributed by atoms with van der Waals surface area (Å²) in [4.78, 5) is 11.8. The van der Waals surface area contributed by atoms with Gasteiger partial charge in [0.15, 0.2) is 0 Å². The molecular formula is C14H13NOS. The van der Waals surface area contributed by atoms with E-state index >= 15 is 0 Å². The Kier molecular flexibility index (Phi) is 4.22. The lowest BCUT2D eigenvalue weighted by Gasteiger charge is -2.15. The number of amides is 1. The van der Waals surface area contributed by atoms with Crippen molar-refractivity contribution in [1.82, 2.24) is 5.32 Å². The summed E-state index contributed by atoms with van der Waals surface area (Å²) in [5, 5.41) is 2.78. The van der Waals surface area contributed by atoms with Crippen LogP contribution in [-0.2, 0) is 4.79 Å². The van der Waals surface area contributed by atoms with E-state index in [0.717, 1.165) is 16.9 Å². The van der Waals surface area contributed by atoms with Gasteiger partial charge in [0, 0.05) is 4.90 Å². The van der Waals surface area contributed by atoms with E-state index in [-0.39, 0.29) is 5.37 Å². The van der Waals surface area contributed by atoms with Crippen LogP contribution in [0.1, 0.15) is 10.9 Å². The number of carbonyl (C=O) groups is 1. The third-order valence-electron chi connectivity index (χ3n) is 2.32. The lowest BCUT2D eigenvalue weighted by atomic mass is 10.2. The van der Waals surface area contributed by atoms with E-state index in [4.69, 9.17) is 0 Å². The Morgan fingerprint density at radius 2 is 1.53 bits per heavy atom. The number of thioether (sulfide) groups is 1. The smallest absolute Gasteiger partial charge is 0.208 e. The number of hydrogen-bond acceptors (Lipinski definition) is 2.